The van der Waals surface area contributed by atoms with E-state index in [4.69, 9.17) is 10.3 Å². The summed E-state index contributed by atoms with van der Waals surface area (Å²) in [5, 5.41) is 0. The minimum atomic E-state index is -0.697. The number of hydrogen-bond acceptors (Lipinski definition) is 3. The van der Waals surface area contributed by atoms with E-state index >= 15 is 0 Å². The van der Waals surface area contributed by atoms with Crippen molar-refractivity contribution in [1.29, 1.82) is 0 Å². The Morgan fingerprint density at radius 2 is 1.94 bits per heavy atom. The van der Waals surface area contributed by atoms with E-state index in [2.05, 4.69) is 9.53 Å². The Hall–Kier alpha value is -2.39. The summed E-state index contributed by atoms with van der Waals surface area (Å²) in [6.07, 6.45) is 3.00. The van der Waals surface area contributed by atoms with Crippen molar-refractivity contribution in [1.82, 2.24) is 0 Å². The van der Waals surface area contributed by atoms with E-state index in [-0.39, 0.29) is 5.71 Å². The average molecular weight is 232 g/mol. The lowest BCUT2D eigenvalue weighted by atomic mass is 10.2. The van der Waals surface area contributed by atoms with Crippen LogP contribution in [-0.4, -0.2) is 30.7 Å². The number of carbonyl (C=O) groups is 1. The van der Waals surface area contributed by atoms with Crippen molar-refractivity contribution in [3.8, 4) is 5.75 Å². The van der Waals surface area contributed by atoms with Gasteiger partial charge >= 0.3 is 11.7 Å². The molecular weight excluding hydrogens is 220 g/mol. The molecule has 5 heteroatoms. The van der Waals surface area contributed by atoms with E-state index in [0.717, 1.165) is 11.3 Å². The topological polar surface area (TPSA) is 71.9 Å². The summed E-state index contributed by atoms with van der Waals surface area (Å²) >= 11 is 0. The smallest absolute Gasteiger partial charge is 0.421 e. The molecule has 0 radical (unpaired) electrons. The second-order valence-electron chi connectivity index (χ2n) is 3.08. The van der Waals surface area contributed by atoms with Crippen LogP contribution in [0.3, 0.4) is 0 Å². The third kappa shape index (κ3) is 3.59. The maximum atomic E-state index is 11.1. The van der Waals surface area contributed by atoms with Gasteiger partial charge in [-0.05, 0) is 23.8 Å². The minimum absolute atomic E-state index is 0.164. The molecule has 0 aliphatic carbocycles. The predicted molar refractivity (Wildman–Crippen MR) is 62.7 cm³/mol. The first-order valence-electron chi connectivity index (χ1n) is 4.83. The van der Waals surface area contributed by atoms with Crippen molar-refractivity contribution < 1.29 is 19.1 Å². The first-order chi connectivity index (χ1) is 8.21. The van der Waals surface area contributed by atoms with Gasteiger partial charge in [0, 0.05) is 6.08 Å². The number of benzene rings is 1. The van der Waals surface area contributed by atoms with Crippen molar-refractivity contribution in [3.05, 3.63) is 41.4 Å². The molecule has 1 rings (SSSR count). The fourth-order valence-corrected chi connectivity index (χ4v) is 1.14. The Bertz CT molecular complexity index is 471. The highest BCUT2D eigenvalue weighted by Gasteiger charge is 2.16. The molecule has 0 saturated heterocycles. The molecule has 1 aromatic carbocycles. The van der Waals surface area contributed by atoms with Crippen molar-refractivity contribution >= 4 is 17.8 Å². The fourth-order valence-electron chi connectivity index (χ4n) is 1.14. The molecule has 0 aromatic heterocycles. The third-order valence-corrected chi connectivity index (χ3v) is 2.05. The van der Waals surface area contributed by atoms with Gasteiger partial charge in [-0.25, -0.2) is 4.79 Å². The monoisotopic (exact) mass is 232 g/mol. The Balaban J connectivity index is 2.82. The summed E-state index contributed by atoms with van der Waals surface area (Å²) in [5.74, 6) is 0.0448. The van der Waals surface area contributed by atoms with Gasteiger partial charge in [0.05, 0.1) is 14.2 Å². The average Bonchev–Trinajstić information content (AvgIpc) is 2.39. The highest BCUT2D eigenvalue weighted by Crippen LogP contribution is 2.12. The first kappa shape index (κ1) is 12.7. The van der Waals surface area contributed by atoms with Crippen LogP contribution in [0.15, 0.2) is 30.3 Å². The van der Waals surface area contributed by atoms with E-state index in [9.17, 15) is 4.79 Å². The SMILES string of the molecule is COC(=O)C(C=Cc1ccc(OC)cc1)=[N+]=[N-]. The molecule has 0 aliphatic rings. The highest BCUT2D eigenvalue weighted by atomic mass is 16.5. The van der Waals surface area contributed by atoms with Gasteiger partial charge in [0.2, 0.25) is 0 Å². The Morgan fingerprint density at radius 3 is 2.41 bits per heavy atom. The zero-order valence-corrected chi connectivity index (χ0v) is 9.58. The van der Waals surface area contributed by atoms with E-state index in [0.29, 0.717) is 0 Å². The summed E-state index contributed by atoms with van der Waals surface area (Å²) in [5.41, 5.74) is 9.28. The van der Waals surface area contributed by atoms with Crippen LogP contribution < -0.4 is 4.74 Å². The van der Waals surface area contributed by atoms with E-state index < -0.39 is 5.97 Å². The van der Waals surface area contributed by atoms with Crippen LogP contribution in [0.1, 0.15) is 5.56 Å². The predicted octanol–water partition coefficient (Wildman–Crippen LogP) is 1.55. The molecule has 0 spiro atoms. The lowest BCUT2D eigenvalue weighted by molar-refractivity contribution is -0.137. The van der Waals surface area contributed by atoms with Crippen LogP contribution >= 0.6 is 0 Å². The molecule has 0 heterocycles. The van der Waals surface area contributed by atoms with Gasteiger partial charge in [-0.1, -0.05) is 12.1 Å². The zero-order valence-electron chi connectivity index (χ0n) is 9.58. The maximum Gasteiger partial charge on any atom is 0.421 e. The zero-order chi connectivity index (χ0) is 12.7. The Morgan fingerprint density at radius 1 is 1.29 bits per heavy atom. The highest BCUT2D eigenvalue weighted by molar-refractivity contribution is 6.39. The number of methoxy groups -OCH3 is 2. The third-order valence-electron chi connectivity index (χ3n) is 2.05. The number of hydrogen-bond donors (Lipinski definition) is 0. The van der Waals surface area contributed by atoms with Crippen LogP contribution in [0.5, 0.6) is 5.75 Å². The number of carbonyl (C=O) groups excluding carboxylic acids is 1. The van der Waals surface area contributed by atoms with Crippen molar-refractivity contribution in [3.63, 3.8) is 0 Å². The number of ether oxygens (including phenoxy) is 2. The molecule has 0 unspecified atom stereocenters. The fraction of sp³-hybridized carbons (Fsp3) is 0.167. The quantitative estimate of drug-likeness (QED) is 0.342. The van der Waals surface area contributed by atoms with Gasteiger partial charge in [-0.3, -0.25) is 0 Å². The van der Waals surface area contributed by atoms with Crippen LogP contribution in [0.2, 0.25) is 0 Å². The minimum Gasteiger partial charge on any atom is -0.497 e. The van der Waals surface area contributed by atoms with Gasteiger partial charge < -0.3 is 15.0 Å². The number of esters is 1. The van der Waals surface area contributed by atoms with Crippen molar-refractivity contribution in [2.45, 2.75) is 0 Å². The summed E-state index contributed by atoms with van der Waals surface area (Å²) in [4.78, 5) is 13.9. The van der Waals surface area contributed by atoms with E-state index in [1.807, 2.05) is 12.1 Å². The second-order valence-corrected chi connectivity index (χ2v) is 3.08. The van der Waals surface area contributed by atoms with Gasteiger partial charge in [0.1, 0.15) is 5.75 Å². The van der Waals surface area contributed by atoms with Crippen LogP contribution in [0.25, 0.3) is 11.6 Å². The normalized spacial score (nSPS) is 9.76. The molecule has 88 valence electrons. The molecule has 0 aliphatic heterocycles. The van der Waals surface area contributed by atoms with Gasteiger partial charge in [-0.15, -0.1) is 0 Å². The summed E-state index contributed by atoms with van der Waals surface area (Å²) < 4.78 is 9.44. The van der Waals surface area contributed by atoms with Crippen LogP contribution in [0, 0.1) is 0 Å². The van der Waals surface area contributed by atoms with Gasteiger partial charge in [-0.2, -0.15) is 4.79 Å². The van der Waals surface area contributed by atoms with E-state index in [1.165, 1.54) is 13.2 Å². The standard InChI is InChI=1S/C12H12N2O3/c1-16-10-6-3-9(4-7-10)5-8-11(14-13)12(15)17-2/h3-8H,1-2H3. The van der Waals surface area contributed by atoms with Crippen molar-refractivity contribution in [2.75, 3.05) is 14.2 Å². The summed E-state index contributed by atoms with van der Waals surface area (Å²) in [6, 6.07) is 7.18. The van der Waals surface area contributed by atoms with Crippen molar-refractivity contribution in [2.24, 2.45) is 0 Å². The largest absolute Gasteiger partial charge is 0.497 e. The van der Waals surface area contributed by atoms with Gasteiger partial charge in [0.25, 0.3) is 0 Å². The molecule has 5 nitrogen and oxygen atoms in total. The molecular formula is C12H12N2O3. The first-order valence-corrected chi connectivity index (χ1v) is 4.83. The molecule has 0 bridgehead atoms. The van der Waals surface area contributed by atoms with Crippen LogP contribution in [-0.2, 0) is 9.53 Å². The number of nitrogens with zero attached hydrogens (tertiary/aromatic N) is 2. The maximum absolute atomic E-state index is 11.1. The van der Waals surface area contributed by atoms with Crippen LogP contribution in [0.4, 0.5) is 0 Å². The Labute approximate surface area is 98.9 Å². The molecule has 0 N–H and O–H groups in total. The summed E-state index contributed by atoms with van der Waals surface area (Å²) in [6.45, 7) is 0. The molecule has 0 saturated carbocycles. The lowest BCUT2D eigenvalue weighted by Gasteiger charge is -1.98. The molecule has 17 heavy (non-hydrogen) atoms. The molecule has 0 fully saturated rings. The molecule has 0 amide bonds. The second kappa shape index (κ2) is 6.25. The lowest BCUT2D eigenvalue weighted by Crippen LogP contribution is -2.13. The molecule has 1 aromatic rings. The number of rotatable bonds is 4. The summed E-state index contributed by atoms with van der Waals surface area (Å²) in [7, 11) is 2.80. The van der Waals surface area contributed by atoms with Gasteiger partial charge in [0.15, 0.2) is 0 Å². The van der Waals surface area contributed by atoms with E-state index in [1.54, 1.807) is 25.3 Å². The Kier molecular flexibility index (Phi) is 4.66. The molecule has 0 atom stereocenters.